The molecular weight excluding hydrogens is 433 g/mol. The van der Waals surface area contributed by atoms with Crippen LogP contribution < -0.4 is 9.64 Å². The molecule has 1 fully saturated rings. The van der Waals surface area contributed by atoms with E-state index in [1.165, 1.54) is 7.11 Å². The summed E-state index contributed by atoms with van der Waals surface area (Å²) in [5.74, 6) is -0.454. The summed E-state index contributed by atoms with van der Waals surface area (Å²) in [6.07, 6.45) is 5.88. The highest BCUT2D eigenvalue weighted by Crippen LogP contribution is 2.36. The first kappa shape index (κ1) is 22.0. The van der Waals surface area contributed by atoms with Gasteiger partial charge in [0, 0.05) is 30.4 Å². The lowest BCUT2D eigenvalue weighted by molar-refractivity contribution is -0.139. The molecule has 0 aliphatic carbocycles. The molecule has 166 valence electrons. The van der Waals surface area contributed by atoms with Gasteiger partial charge in [0.1, 0.15) is 17.6 Å². The SMILES string of the molecule is COc1ccc(Cc2cnc(N3CCCCC3C(=O)O)nc2)c(F)c1-c1cccc(Cl)c1. The first-order chi connectivity index (χ1) is 15.5. The van der Waals surface area contributed by atoms with Crippen LogP contribution in [0.15, 0.2) is 48.8 Å². The molecule has 0 radical (unpaired) electrons. The van der Waals surface area contributed by atoms with Gasteiger partial charge < -0.3 is 14.7 Å². The zero-order valence-electron chi connectivity index (χ0n) is 17.6. The molecule has 0 spiro atoms. The van der Waals surface area contributed by atoms with Gasteiger partial charge in [-0.3, -0.25) is 0 Å². The molecule has 1 aliphatic rings. The Labute approximate surface area is 190 Å². The predicted octanol–water partition coefficient (Wildman–Crippen LogP) is 4.98. The number of halogens is 2. The molecule has 6 nitrogen and oxygen atoms in total. The summed E-state index contributed by atoms with van der Waals surface area (Å²) in [6, 6.07) is 9.77. The predicted molar refractivity (Wildman–Crippen MR) is 121 cm³/mol. The van der Waals surface area contributed by atoms with E-state index in [-0.39, 0.29) is 6.42 Å². The van der Waals surface area contributed by atoms with Gasteiger partial charge in [-0.1, -0.05) is 29.8 Å². The van der Waals surface area contributed by atoms with Crippen molar-refractivity contribution in [2.75, 3.05) is 18.6 Å². The number of nitrogens with zero attached hydrogens (tertiary/aromatic N) is 3. The van der Waals surface area contributed by atoms with Crippen LogP contribution in [0.4, 0.5) is 10.3 Å². The van der Waals surface area contributed by atoms with Crippen molar-refractivity contribution in [3.63, 3.8) is 0 Å². The van der Waals surface area contributed by atoms with Crippen LogP contribution in [0.3, 0.4) is 0 Å². The number of carboxylic acid groups (broad SMARTS) is 1. The van der Waals surface area contributed by atoms with E-state index >= 15 is 4.39 Å². The Morgan fingerprint density at radius 2 is 2.03 bits per heavy atom. The summed E-state index contributed by atoms with van der Waals surface area (Å²) in [5.41, 5.74) is 2.17. The minimum atomic E-state index is -0.869. The van der Waals surface area contributed by atoms with E-state index in [0.29, 0.717) is 46.4 Å². The first-order valence-electron chi connectivity index (χ1n) is 10.4. The van der Waals surface area contributed by atoms with Crippen molar-refractivity contribution in [1.82, 2.24) is 9.97 Å². The third-order valence-corrected chi connectivity index (χ3v) is 5.88. The number of hydrogen-bond acceptors (Lipinski definition) is 5. The number of methoxy groups -OCH3 is 1. The summed E-state index contributed by atoms with van der Waals surface area (Å²) in [5, 5.41) is 9.98. The zero-order chi connectivity index (χ0) is 22.7. The zero-order valence-corrected chi connectivity index (χ0v) is 18.3. The third kappa shape index (κ3) is 4.53. The van der Waals surface area contributed by atoms with Crippen LogP contribution in [0.25, 0.3) is 11.1 Å². The molecule has 0 amide bonds. The van der Waals surface area contributed by atoms with Gasteiger partial charge in [0.15, 0.2) is 0 Å². The Morgan fingerprint density at radius 1 is 1.25 bits per heavy atom. The van der Waals surface area contributed by atoms with Crippen LogP contribution in [-0.2, 0) is 11.2 Å². The number of anilines is 1. The summed E-state index contributed by atoms with van der Waals surface area (Å²) in [4.78, 5) is 22.0. The fourth-order valence-corrected chi connectivity index (χ4v) is 4.25. The van der Waals surface area contributed by atoms with Crippen LogP contribution >= 0.6 is 11.6 Å². The topological polar surface area (TPSA) is 75.5 Å². The number of rotatable bonds is 6. The molecule has 0 bridgehead atoms. The van der Waals surface area contributed by atoms with Gasteiger partial charge in [-0.15, -0.1) is 0 Å². The van der Waals surface area contributed by atoms with Gasteiger partial charge in [0.2, 0.25) is 5.95 Å². The van der Waals surface area contributed by atoms with Gasteiger partial charge in [-0.2, -0.15) is 0 Å². The lowest BCUT2D eigenvalue weighted by atomic mass is 9.98. The molecule has 32 heavy (non-hydrogen) atoms. The Bertz CT molecular complexity index is 1120. The average molecular weight is 456 g/mol. The third-order valence-electron chi connectivity index (χ3n) is 5.65. The number of carbonyl (C=O) groups is 1. The second-order valence-corrected chi connectivity index (χ2v) is 8.17. The molecular formula is C24H23ClFN3O3. The Balaban J connectivity index is 1.61. The van der Waals surface area contributed by atoms with E-state index in [1.807, 2.05) is 0 Å². The summed E-state index contributed by atoms with van der Waals surface area (Å²) >= 11 is 6.10. The van der Waals surface area contributed by atoms with Gasteiger partial charge in [-0.25, -0.2) is 19.2 Å². The highest BCUT2D eigenvalue weighted by molar-refractivity contribution is 6.30. The molecule has 3 aromatic rings. The lowest BCUT2D eigenvalue weighted by Gasteiger charge is -2.32. The van der Waals surface area contributed by atoms with Gasteiger partial charge in [0.05, 0.1) is 12.7 Å². The number of ether oxygens (including phenoxy) is 1. The minimum Gasteiger partial charge on any atom is -0.496 e. The minimum absolute atomic E-state index is 0.284. The second kappa shape index (κ2) is 9.53. The van der Waals surface area contributed by atoms with Crippen LogP contribution in [0.1, 0.15) is 30.4 Å². The van der Waals surface area contributed by atoms with E-state index in [9.17, 15) is 9.90 Å². The quantitative estimate of drug-likeness (QED) is 0.565. The monoisotopic (exact) mass is 455 g/mol. The number of aromatic nitrogens is 2. The van der Waals surface area contributed by atoms with Crippen molar-refractivity contribution in [1.29, 1.82) is 0 Å². The maximum Gasteiger partial charge on any atom is 0.326 e. The number of piperidine rings is 1. The molecule has 2 heterocycles. The maximum atomic E-state index is 15.5. The Kier molecular flexibility index (Phi) is 6.55. The van der Waals surface area contributed by atoms with Crippen LogP contribution in [0.5, 0.6) is 5.75 Å². The molecule has 1 N–H and O–H groups in total. The molecule has 2 aromatic carbocycles. The van der Waals surface area contributed by atoms with E-state index < -0.39 is 17.8 Å². The van der Waals surface area contributed by atoms with Crippen molar-refractivity contribution < 1.29 is 19.0 Å². The molecule has 1 saturated heterocycles. The smallest absolute Gasteiger partial charge is 0.326 e. The van der Waals surface area contributed by atoms with Crippen LogP contribution in [0, 0.1) is 5.82 Å². The fraction of sp³-hybridized carbons (Fsp3) is 0.292. The van der Waals surface area contributed by atoms with E-state index in [4.69, 9.17) is 16.3 Å². The van der Waals surface area contributed by atoms with Crippen molar-refractivity contribution in [2.24, 2.45) is 0 Å². The lowest BCUT2D eigenvalue weighted by Crippen LogP contribution is -2.45. The van der Waals surface area contributed by atoms with Crippen molar-refractivity contribution in [3.05, 3.63) is 70.8 Å². The van der Waals surface area contributed by atoms with Crippen LogP contribution in [-0.4, -0.2) is 40.7 Å². The molecule has 4 rings (SSSR count). The highest BCUT2D eigenvalue weighted by Gasteiger charge is 2.30. The van der Waals surface area contributed by atoms with Crippen molar-refractivity contribution in [2.45, 2.75) is 31.7 Å². The Hall–Kier alpha value is -3.19. The number of carboxylic acids is 1. The van der Waals surface area contributed by atoms with Gasteiger partial charge in [-0.05, 0) is 54.2 Å². The molecule has 8 heteroatoms. The van der Waals surface area contributed by atoms with Crippen molar-refractivity contribution >= 4 is 23.5 Å². The summed E-state index contributed by atoms with van der Waals surface area (Å²) < 4.78 is 20.9. The van der Waals surface area contributed by atoms with E-state index in [2.05, 4.69) is 9.97 Å². The largest absolute Gasteiger partial charge is 0.496 e. The molecule has 0 saturated carbocycles. The summed E-state index contributed by atoms with van der Waals surface area (Å²) in [7, 11) is 1.50. The average Bonchev–Trinajstić information content (AvgIpc) is 2.80. The molecule has 1 atom stereocenters. The normalized spacial score (nSPS) is 16.1. The second-order valence-electron chi connectivity index (χ2n) is 7.74. The molecule has 1 unspecified atom stereocenters. The molecule has 1 aromatic heterocycles. The molecule has 1 aliphatic heterocycles. The van der Waals surface area contributed by atoms with E-state index in [1.54, 1.807) is 53.7 Å². The number of hydrogen-bond donors (Lipinski definition) is 1. The number of aliphatic carboxylic acids is 1. The van der Waals surface area contributed by atoms with Gasteiger partial charge >= 0.3 is 5.97 Å². The first-order valence-corrected chi connectivity index (χ1v) is 10.8. The maximum absolute atomic E-state index is 15.5. The number of benzene rings is 2. The standard InChI is InChI=1S/C24H23ClFN3O3/c1-32-20-9-8-17(22(26)21(20)16-5-4-6-18(25)12-16)11-15-13-27-24(28-14-15)29-10-3-2-7-19(29)23(30)31/h4-6,8-9,12-14,19H,2-3,7,10-11H2,1H3,(H,30,31). The summed E-state index contributed by atoms with van der Waals surface area (Å²) in [6.45, 7) is 0.604. The van der Waals surface area contributed by atoms with Crippen LogP contribution in [0.2, 0.25) is 5.02 Å². The highest BCUT2D eigenvalue weighted by atomic mass is 35.5. The Morgan fingerprint density at radius 3 is 2.72 bits per heavy atom. The van der Waals surface area contributed by atoms with Gasteiger partial charge in [0.25, 0.3) is 0 Å². The fourth-order valence-electron chi connectivity index (χ4n) is 4.06. The van der Waals surface area contributed by atoms with E-state index in [0.717, 1.165) is 18.4 Å². The van der Waals surface area contributed by atoms with Crippen molar-refractivity contribution in [3.8, 4) is 16.9 Å².